The van der Waals surface area contributed by atoms with Gasteiger partial charge in [0.15, 0.2) is 0 Å². The molecule has 1 heterocycles. The molecular formula is C20H18F3N3O5. The number of alkyl halides is 3. The lowest BCUT2D eigenvalue weighted by Gasteiger charge is -2.30. The molecule has 0 saturated carbocycles. The van der Waals surface area contributed by atoms with E-state index in [1.807, 2.05) is 0 Å². The van der Waals surface area contributed by atoms with E-state index in [0.717, 1.165) is 0 Å². The van der Waals surface area contributed by atoms with Gasteiger partial charge in [-0.3, -0.25) is 19.8 Å². The van der Waals surface area contributed by atoms with Crippen molar-refractivity contribution >= 4 is 17.8 Å². The van der Waals surface area contributed by atoms with Gasteiger partial charge in [-0.2, -0.15) is 13.2 Å². The minimum atomic E-state index is -5.30. The molecule has 1 fully saturated rings. The molecule has 0 aromatic heterocycles. The van der Waals surface area contributed by atoms with Crippen molar-refractivity contribution in [3.63, 3.8) is 0 Å². The van der Waals surface area contributed by atoms with Gasteiger partial charge in [0.25, 0.3) is 17.5 Å². The minimum absolute atomic E-state index is 0.182. The molecule has 0 radical (unpaired) electrons. The van der Waals surface area contributed by atoms with E-state index in [-0.39, 0.29) is 11.3 Å². The third-order valence-electron chi connectivity index (χ3n) is 4.66. The zero-order chi connectivity index (χ0) is 22.8. The molecule has 0 aliphatic carbocycles. The number of amides is 4. The topological polar surface area (TPSA) is 97.0 Å². The van der Waals surface area contributed by atoms with Crippen molar-refractivity contribution in [2.45, 2.75) is 18.4 Å². The molecule has 0 bridgehead atoms. The summed E-state index contributed by atoms with van der Waals surface area (Å²) in [5.41, 5.74) is -3.39. The number of benzene rings is 2. The van der Waals surface area contributed by atoms with Crippen LogP contribution in [0.4, 0.5) is 18.0 Å². The number of carbonyl (C=O) groups excluding carboxylic acids is 3. The molecule has 3 rings (SSSR count). The minimum Gasteiger partial charge on any atom is -0.497 e. The summed E-state index contributed by atoms with van der Waals surface area (Å²) in [6, 6.07) is 10.1. The second-order valence-corrected chi connectivity index (χ2v) is 6.60. The monoisotopic (exact) mass is 437 g/mol. The molecule has 31 heavy (non-hydrogen) atoms. The number of ether oxygens (including phenoxy) is 2. The zero-order valence-corrected chi connectivity index (χ0v) is 16.4. The lowest BCUT2D eigenvalue weighted by Crippen LogP contribution is -2.69. The van der Waals surface area contributed by atoms with Crippen molar-refractivity contribution in [1.29, 1.82) is 0 Å². The van der Waals surface area contributed by atoms with Gasteiger partial charge in [-0.15, -0.1) is 0 Å². The third-order valence-corrected chi connectivity index (χ3v) is 4.66. The number of hydrogen-bond acceptors (Lipinski definition) is 5. The smallest absolute Gasteiger partial charge is 0.440 e. The Morgan fingerprint density at radius 3 is 2.29 bits per heavy atom. The quantitative estimate of drug-likeness (QED) is 0.677. The molecule has 8 nitrogen and oxygen atoms in total. The zero-order valence-electron chi connectivity index (χ0n) is 16.4. The third kappa shape index (κ3) is 4.11. The van der Waals surface area contributed by atoms with E-state index in [2.05, 4.69) is 0 Å². The number of imide groups is 1. The van der Waals surface area contributed by atoms with E-state index < -0.39 is 36.2 Å². The van der Waals surface area contributed by atoms with Crippen LogP contribution in [-0.4, -0.2) is 48.8 Å². The van der Waals surface area contributed by atoms with Gasteiger partial charge in [0.05, 0.1) is 20.8 Å². The van der Waals surface area contributed by atoms with E-state index in [9.17, 15) is 27.6 Å². The molecule has 1 aliphatic rings. The van der Waals surface area contributed by atoms with Crippen molar-refractivity contribution in [1.82, 2.24) is 15.5 Å². The fourth-order valence-electron chi connectivity index (χ4n) is 2.99. The maximum atomic E-state index is 14.0. The molecule has 2 N–H and O–H groups in total. The summed E-state index contributed by atoms with van der Waals surface area (Å²) in [6.07, 6.45) is -5.30. The van der Waals surface area contributed by atoms with E-state index >= 15 is 0 Å². The Kier molecular flexibility index (Phi) is 5.78. The number of urea groups is 1. The lowest BCUT2D eigenvalue weighted by molar-refractivity contribution is -0.200. The van der Waals surface area contributed by atoms with Crippen LogP contribution >= 0.6 is 0 Å². The van der Waals surface area contributed by atoms with Gasteiger partial charge in [-0.25, -0.2) is 4.79 Å². The second kappa shape index (κ2) is 8.17. The number of methoxy groups -OCH3 is 2. The first-order valence-electron chi connectivity index (χ1n) is 8.91. The van der Waals surface area contributed by atoms with E-state index in [4.69, 9.17) is 9.47 Å². The first kappa shape index (κ1) is 21.9. The summed E-state index contributed by atoms with van der Waals surface area (Å²) in [5, 5.41) is 3.26. The first-order valence-corrected chi connectivity index (χ1v) is 8.91. The maximum Gasteiger partial charge on any atom is 0.440 e. The highest BCUT2D eigenvalue weighted by Crippen LogP contribution is 2.35. The normalized spacial score (nSPS) is 18.5. The Morgan fingerprint density at radius 1 is 1.06 bits per heavy atom. The first-order chi connectivity index (χ1) is 14.6. The Labute approximate surface area is 174 Å². The largest absolute Gasteiger partial charge is 0.497 e. The van der Waals surface area contributed by atoms with Gasteiger partial charge < -0.3 is 14.8 Å². The van der Waals surface area contributed by atoms with Crippen LogP contribution in [0.3, 0.4) is 0 Å². The number of hydrogen-bond donors (Lipinski definition) is 2. The van der Waals surface area contributed by atoms with E-state index in [1.165, 1.54) is 62.8 Å². The van der Waals surface area contributed by atoms with Crippen molar-refractivity contribution in [2.24, 2.45) is 0 Å². The average molecular weight is 437 g/mol. The molecule has 0 spiro atoms. The van der Waals surface area contributed by atoms with E-state index in [0.29, 0.717) is 16.2 Å². The van der Waals surface area contributed by atoms with Gasteiger partial charge >= 0.3 is 12.2 Å². The number of carbonyl (C=O) groups is 3. The van der Waals surface area contributed by atoms with Crippen molar-refractivity contribution < 1.29 is 37.0 Å². The highest BCUT2D eigenvalue weighted by atomic mass is 19.4. The number of nitrogens with one attached hydrogen (secondary N) is 2. The van der Waals surface area contributed by atoms with Gasteiger partial charge in [-0.1, -0.05) is 18.2 Å². The fraction of sp³-hybridized carbons (Fsp3) is 0.250. The summed E-state index contributed by atoms with van der Waals surface area (Å²) in [4.78, 5) is 37.9. The summed E-state index contributed by atoms with van der Waals surface area (Å²) in [6.45, 7) is -0.429. The van der Waals surface area contributed by atoms with Crippen LogP contribution in [0, 0.1) is 0 Å². The Bertz CT molecular complexity index is 1010. The molecule has 1 aliphatic heterocycles. The molecule has 1 atom stereocenters. The number of nitrogens with zero attached hydrogens (tertiary/aromatic N) is 1. The fourth-order valence-corrected chi connectivity index (χ4v) is 2.99. The highest BCUT2D eigenvalue weighted by Gasteiger charge is 2.68. The summed E-state index contributed by atoms with van der Waals surface area (Å²) >= 11 is 0. The molecule has 4 amide bonds. The molecular weight excluding hydrogens is 419 g/mol. The van der Waals surface area contributed by atoms with Crippen molar-refractivity contribution in [3.05, 3.63) is 59.7 Å². The lowest BCUT2D eigenvalue weighted by atomic mass is 10.1. The SMILES string of the molecule is COc1ccc(CN2C(=O)N[C@@](NC(=O)c3cccc(OC)c3)(C(F)(F)F)C2=O)cc1. The van der Waals surface area contributed by atoms with E-state index in [1.54, 1.807) is 10.6 Å². The van der Waals surface area contributed by atoms with Gasteiger partial charge in [0.2, 0.25) is 0 Å². The molecule has 1 saturated heterocycles. The predicted molar refractivity (Wildman–Crippen MR) is 101 cm³/mol. The standard InChI is InChI=1S/C20H18F3N3O5/c1-30-14-8-6-12(7-9-14)11-26-17(28)19(20(21,22)23,25-18(26)29)24-16(27)13-4-3-5-15(10-13)31-2/h3-10H,11H2,1-2H3,(H,24,27)(H,25,29)/t19-/m1/s1. The van der Waals surface area contributed by atoms with Crippen LogP contribution in [0.25, 0.3) is 0 Å². The molecule has 2 aromatic carbocycles. The Hall–Kier alpha value is -3.76. The van der Waals surface area contributed by atoms with Crippen LogP contribution < -0.4 is 20.1 Å². The highest BCUT2D eigenvalue weighted by molar-refractivity contribution is 6.10. The van der Waals surface area contributed by atoms with Gasteiger partial charge in [0, 0.05) is 5.56 Å². The molecule has 11 heteroatoms. The molecule has 2 aromatic rings. The van der Waals surface area contributed by atoms with Crippen LogP contribution in [-0.2, 0) is 11.3 Å². The van der Waals surface area contributed by atoms with Crippen molar-refractivity contribution in [2.75, 3.05) is 14.2 Å². The summed E-state index contributed by atoms with van der Waals surface area (Å²) < 4.78 is 51.8. The Balaban J connectivity index is 1.89. The van der Waals surface area contributed by atoms with Gasteiger partial charge in [0.1, 0.15) is 11.5 Å². The van der Waals surface area contributed by atoms with Crippen LogP contribution in [0.5, 0.6) is 11.5 Å². The molecule has 164 valence electrons. The predicted octanol–water partition coefficient (Wildman–Crippen LogP) is 2.44. The summed E-state index contributed by atoms with van der Waals surface area (Å²) in [7, 11) is 2.77. The van der Waals surface area contributed by atoms with Crippen LogP contribution in [0.2, 0.25) is 0 Å². The number of rotatable bonds is 6. The molecule has 0 unspecified atom stereocenters. The number of halogens is 3. The maximum absolute atomic E-state index is 14.0. The summed E-state index contributed by atoms with van der Waals surface area (Å²) in [5.74, 6) is -2.12. The van der Waals surface area contributed by atoms with Crippen molar-refractivity contribution in [3.8, 4) is 11.5 Å². The second-order valence-electron chi connectivity index (χ2n) is 6.60. The Morgan fingerprint density at radius 2 is 1.71 bits per heavy atom. The average Bonchev–Trinajstić information content (AvgIpc) is 2.99. The van der Waals surface area contributed by atoms with Gasteiger partial charge in [-0.05, 0) is 35.9 Å². The van der Waals surface area contributed by atoms with Crippen LogP contribution in [0.1, 0.15) is 15.9 Å². The van der Waals surface area contributed by atoms with Crippen LogP contribution in [0.15, 0.2) is 48.5 Å².